The van der Waals surface area contributed by atoms with Crippen LogP contribution in [0.5, 0.6) is 11.5 Å². The van der Waals surface area contributed by atoms with Crippen molar-refractivity contribution in [2.45, 2.75) is 13.8 Å². The quantitative estimate of drug-likeness (QED) is 0.474. The molecule has 0 aromatic heterocycles. The van der Waals surface area contributed by atoms with Gasteiger partial charge in [0.1, 0.15) is 0 Å². The van der Waals surface area contributed by atoms with Crippen LogP contribution in [0.3, 0.4) is 0 Å². The minimum Gasteiger partial charge on any atom is -0.493 e. The fraction of sp³-hybridized carbons (Fsp3) is 0.385. The Bertz CT molecular complexity index is 450. The maximum Gasteiger partial charge on any atom is 0.186 e. The molecule has 5 nitrogen and oxygen atoms in total. The number of hydrazone groups is 1. The monoisotopic (exact) mass is 281 g/mol. The molecule has 0 spiro atoms. The second kappa shape index (κ2) is 8.31. The van der Waals surface area contributed by atoms with Gasteiger partial charge >= 0.3 is 0 Å². The first-order valence-corrected chi connectivity index (χ1v) is 6.49. The molecule has 0 bridgehead atoms. The van der Waals surface area contributed by atoms with Crippen LogP contribution < -0.4 is 20.2 Å². The van der Waals surface area contributed by atoms with E-state index >= 15 is 0 Å². The summed E-state index contributed by atoms with van der Waals surface area (Å²) in [6.07, 6.45) is 1.67. The van der Waals surface area contributed by atoms with Crippen LogP contribution in [0, 0.1) is 0 Å². The maximum absolute atomic E-state index is 5.49. The summed E-state index contributed by atoms with van der Waals surface area (Å²) in [7, 11) is 1.61. The molecule has 1 aromatic carbocycles. The number of hydrogen-bond donors (Lipinski definition) is 2. The highest BCUT2D eigenvalue weighted by Gasteiger charge is 2.03. The second-order valence-electron chi connectivity index (χ2n) is 3.57. The van der Waals surface area contributed by atoms with E-state index in [1.165, 1.54) is 0 Å². The smallest absolute Gasteiger partial charge is 0.186 e. The van der Waals surface area contributed by atoms with E-state index in [-0.39, 0.29) is 0 Å². The van der Waals surface area contributed by atoms with E-state index in [1.807, 2.05) is 32.0 Å². The van der Waals surface area contributed by atoms with E-state index in [4.69, 9.17) is 21.7 Å². The molecule has 0 aliphatic heterocycles. The Kier molecular flexibility index (Phi) is 6.67. The Morgan fingerprint density at radius 1 is 1.37 bits per heavy atom. The van der Waals surface area contributed by atoms with Gasteiger partial charge in [0.2, 0.25) is 0 Å². The molecule has 2 N–H and O–H groups in total. The van der Waals surface area contributed by atoms with Gasteiger partial charge in [0, 0.05) is 6.54 Å². The number of rotatable bonds is 6. The minimum absolute atomic E-state index is 0.497. The summed E-state index contributed by atoms with van der Waals surface area (Å²) in [5.41, 5.74) is 3.63. The van der Waals surface area contributed by atoms with E-state index in [1.54, 1.807) is 13.3 Å². The largest absolute Gasteiger partial charge is 0.493 e. The van der Waals surface area contributed by atoms with Crippen molar-refractivity contribution in [3.63, 3.8) is 0 Å². The number of benzene rings is 1. The topological polar surface area (TPSA) is 54.9 Å². The third kappa shape index (κ3) is 5.13. The molecule has 19 heavy (non-hydrogen) atoms. The van der Waals surface area contributed by atoms with Crippen LogP contribution in [-0.4, -0.2) is 31.6 Å². The molecule has 1 aromatic rings. The van der Waals surface area contributed by atoms with Crippen molar-refractivity contribution in [3.05, 3.63) is 23.8 Å². The first-order chi connectivity index (χ1) is 9.21. The standard InChI is InChI=1S/C13H19N3O2S/c1-4-14-13(19)16-15-9-10-6-7-11(17-3)12(8-10)18-5-2/h6-9H,4-5H2,1-3H3,(H2,14,16,19). The van der Waals surface area contributed by atoms with Crippen molar-refractivity contribution in [1.82, 2.24) is 10.7 Å². The highest BCUT2D eigenvalue weighted by molar-refractivity contribution is 7.80. The molecule has 0 unspecified atom stereocenters. The average Bonchev–Trinajstić information content (AvgIpc) is 2.40. The van der Waals surface area contributed by atoms with Crippen molar-refractivity contribution in [2.75, 3.05) is 20.3 Å². The molecule has 0 radical (unpaired) electrons. The van der Waals surface area contributed by atoms with Crippen LogP contribution in [0.15, 0.2) is 23.3 Å². The summed E-state index contributed by atoms with van der Waals surface area (Å²) in [5, 5.41) is 7.48. The van der Waals surface area contributed by atoms with Crippen molar-refractivity contribution in [3.8, 4) is 11.5 Å². The number of ether oxygens (including phenoxy) is 2. The Morgan fingerprint density at radius 2 is 2.16 bits per heavy atom. The third-order valence-electron chi connectivity index (χ3n) is 2.20. The van der Waals surface area contributed by atoms with Gasteiger partial charge in [-0.2, -0.15) is 5.10 Å². The van der Waals surface area contributed by atoms with Gasteiger partial charge < -0.3 is 14.8 Å². The van der Waals surface area contributed by atoms with E-state index in [0.717, 1.165) is 12.1 Å². The summed E-state index contributed by atoms with van der Waals surface area (Å²) >= 11 is 4.99. The van der Waals surface area contributed by atoms with Crippen LogP contribution in [0.4, 0.5) is 0 Å². The van der Waals surface area contributed by atoms with Gasteiger partial charge in [0.25, 0.3) is 0 Å². The molecule has 0 aliphatic carbocycles. The Morgan fingerprint density at radius 3 is 2.79 bits per heavy atom. The molecule has 0 heterocycles. The zero-order chi connectivity index (χ0) is 14.1. The van der Waals surface area contributed by atoms with Gasteiger partial charge in [0.15, 0.2) is 16.6 Å². The van der Waals surface area contributed by atoms with Crippen molar-refractivity contribution in [1.29, 1.82) is 0 Å². The van der Waals surface area contributed by atoms with Crippen LogP contribution in [0.25, 0.3) is 0 Å². The van der Waals surface area contributed by atoms with Gasteiger partial charge in [-0.15, -0.1) is 0 Å². The Hall–Kier alpha value is -1.82. The lowest BCUT2D eigenvalue weighted by Crippen LogP contribution is -2.31. The molecular formula is C13H19N3O2S. The predicted molar refractivity (Wildman–Crippen MR) is 81.2 cm³/mol. The van der Waals surface area contributed by atoms with E-state index in [0.29, 0.717) is 23.2 Å². The van der Waals surface area contributed by atoms with Crippen molar-refractivity contribution in [2.24, 2.45) is 5.10 Å². The molecule has 6 heteroatoms. The highest BCUT2D eigenvalue weighted by atomic mass is 32.1. The molecule has 0 saturated heterocycles. The summed E-state index contributed by atoms with van der Waals surface area (Å²) in [4.78, 5) is 0. The van der Waals surface area contributed by atoms with Crippen LogP contribution in [0.2, 0.25) is 0 Å². The fourth-order valence-corrected chi connectivity index (χ4v) is 1.60. The lowest BCUT2D eigenvalue weighted by Gasteiger charge is -2.09. The number of methoxy groups -OCH3 is 1. The van der Waals surface area contributed by atoms with Crippen LogP contribution in [0.1, 0.15) is 19.4 Å². The lowest BCUT2D eigenvalue weighted by molar-refractivity contribution is 0.311. The summed E-state index contributed by atoms with van der Waals surface area (Å²) in [6.45, 7) is 5.24. The SMILES string of the molecule is CCNC(=S)NN=Cc1ccc(OC)c(OCC)c1. The Labute approximate surface area is 119 Å². The number of hydrogen-bond acceptors (Lipinski definition) is 4. The molecule has 0 amide bonds. The molecule has 0 atom stereocenters. The van der Waals surface area contributed by atoms with Crippen LogP contribution >= 0.6 is 12.2 Å². The van der Waals surface area contributed by atoms with E-state index < -0.39 is 0 Å². The summed E-state index contributed by atoms with van der Waals surface area (Å²) in [5.74, 6) is 1.40. The van der Waals surface area contributed by atoms with Gasteiger partial charge in [-0.1, -0.05) is 0 Å². The molecule has 104 valence electrons. The molecular weight excluding hydrogens is 262 g/mol. The first-order valence-electron chi connectivity index (χ1n) is 6.09. The summed E-state index contributed by atoms with van der Waals surface area (Å²) < 4.78 is 10.7. The molecule has 0 saturated carbocycles. The van der Waals surface area contributed by atoms with E-state index in [2.05, 4.69) is 15.8 Å². The van der Waals surface area contributed by atoms with Crippen LogP contribution in [-0.2, 0) is 0 Å². The van der Waals surface area contributed by atoms with Gasteiger partial charge in [-0.3, -0.25) is 5.43 Å². The third-order valence-corrected chi connectivity index (χ3v) is 2.44. The zero-order valence-electron chi connectivity index (χ0n) is 11.4. The maximum atomic E-state index is 5.49. The van der Waals surface area contributed by atoms with Gasteiger partial charge in [-0.25, -0.2) is 0 Å². The Balaban J connectivity index is 2.70. The normalized spacial score (nSPS) is 10.3. The van der Waals surface area contributed by atoms with Crippen molar-refractivity contribution >= 4 is 23.5 Å². The predicted octanol–water partition coefficient (Wildman–Crippen LogP) is 1.91. The first kappa shape index (κ1) is 15.2. The average molecular weight is 281 g/mol. The van der Waals surface area contributed by atoms with Gasteiger partial charge in [0.05, 0.1) is 19.9 Å². The zero-order valence-corrected chi connectivity index (χ0v) is 12.2. The second-order valence-corrected chi connectivity index (χ2v) is 3.98. The fourth-order valence-electron chi connectivity index (χ4n) is 1.41. The van der Waals surface area contributed by atoms with Crippen molar-refractivity contribution < 1.29 is 9.47 Å². The molecule has 0 aliphatic rings. The van der Waals surface area contributed by atoms with Gasteiger partial charge in [-0.05, 0) is 49.8 Å². The highest BCUT2D eigenvalue weighted by Crippen LogP contribution is 2.27. The summed E-state index contributed by atoms with van der Waals surface area (Å²) in [6, 6.07) is 5.60. The lowest BCUT2D eigenvalue weighted by atomic mass is 10.2. The molecule has 1 rings (SSSR count). The number of nitrogens with zero attached hydrogens (tertiary/aromatic N) is 1. The van der Waals surface area contributed by atoms with E-state index in [9.17, 15) is 0 Å². The minimum atomic E-state index is 0.497. The number of nitrogens with one attached hydrogen (secondary N) is 2. The molecule has 0 fully saturated rings. The number of thiocarbonyl (C=S) groups is 1.